The van der Waals surface area contributed by atoms with Gasteiger partial charge in [-0.1, -0.05) is 30.3 Å². The highest BCUT2D eigenvalue weighted by Gasteiger charge is 2.13. The van der Waals surface area contributed by atoms with Crippen LogP contribution >= 0.6 is 0 Å². The Balaban J connectivity index is 1.43. The van der Waals surface area contributed by atoms with Crippen LogP contribution in [0.4, 0.5) is 0 Å². The van der Waals surface area contributed by atoms with E-state index in [1.165, 1.54) is 0 Å². The number of nitrogens with one attached hydrogen (secondary N) is 1. The first kappa shape index (κ1) is 19.7. The molecule has 4 aromatic rings. The first-order chi connectivity index (χ1) is 14.6. The summed E-state index contributed by atoms with van der Waals surface area (Å²) in [5.41, 5.74) is 9.91. The summed E-state index contributed by atoms with van der Waals surface area (Å²) in [5, 5.41) is 2.90. The molecular weight excluding hydrogens is 378 g/mol. The van der Waals surface area contributed by atoms with Crippen molar-refractivity contribution in [1.29, 1.82) is 0 Å². The van der Waals surface area contributed by atoms with E-state index in [0.29, 0.717) is 35.5 Å². The number of nitrogens with two attached hydrogens (primary N) is 1. The Morgan fingerprint density at radius 1 is 1.10 bits per heavy atom. The number of hydrogen-bond donors (Lipinski definition) is 2. The van der Waals surface area contributed by atoms with Gasteiger partial charge in [-0.15, -0.1) is 0 Å². The third kappa shape index (κ3) is 4.50. The second-order valence-electron chi connectivity index (χ2n) is 7.09. The molecule has 1 aromatic heterocycles. The maximum absolute atomic E-state index is 12.6. The van der Waals surface area contributed by atoms with Crippen molar-refractivity contribution in [3.05, 3.63) is 83.9 Å². The molecule has 30 heavy (non-hydrogen) atoms. The molecule has 0 unspecified atom stereocenters. The molecule has 0 aliphatic heterocycles. The minimum atomic E-state index is -0.186. The van der Waals surface area contributed by atoms with Crippen molar-refractivity contribution < 1.29 is 13.9 Å². The molecule has 0 aliphatic carbocycles. The fourth-order valence-electron chi connectivity index (χ4n) is 3.24. The highest BCUT2D eigenvalue weighted by Crippen LogP contribution is 2.26. The zero-order valence-corrected chi connectivity index (χ0v) is 16.7. The second-order valence-corrected chi connectivity index (χ2v) is 7.09. The van der Waals surface area contributed by atoms with Crippen molar-refractivity contribution in [1.82, 2.24) is 10.3 Å². The van der Waals surface area contributed by atoms with Gasteiger partial charge in [-0.3, -0.25) is 4.79 Å². The summed E-state index contributed by atoms with van der Waals surface area (Å²) >= 11 is 0. The van der Waals surface area contributed by atoms with E-state index >= 15 is 0 Å². The minimum absolute atomic E-state index is 0.159. The van der Waals surface area contributed by atoms with Crippen molar-refractivity contribution in [2.45, 2.75) is 12.5 Å². The summed E-state index contributed by atoms with van der Waals surface area (Å²) < 4.78 is 11.0. The summed E-state index contributed by atoms with van der Waals surface area (Å²) in [6.07, 6.45) is 0.703. The Hall–Kier alpha value is -3.64. The highest BCUT2D eigenvalue weighted by atomic mass is 16.5. The normalized spacial score (nSPS) is 11.9. The Morgan fingerprint density at radius 3 is 2.60 bits per heavy atom. The lowest BCUT2D eigenvalue weighted by Crippen LogP contribution is -2.38. The van der Waals surface area contributed by atoms with Crippen LogP contribution in [-0.2, 0) is 6.42 Å². The summed E-state index contributed by atoms with van der Waals surface area (Å²) in [6, 6.07) is 22.5. The van der Waals surface area contributed by atoms with Crippen molar-refractivity contribution >= 4 is 17.0 Å². The molecule has 0 bridgehead atoms. The second kappa shape index (κ2) is 8.80. The van der Waals surface area contributed by atoms with Gasteiger partial charge in [0, 0.05) is 23.7 Å². The Labute approximate surface area is 174 Å². The van der Waals surface area contributed by atoms with Crippen LogP contribution in [0.25, 0.3) is 22.6 Å². The Morgan fingerprint density at radius 2 is 1.87 bits per heavy atom. The average molecular weight is 401 g/mol. The number of ether oxygens (including phenoxy) is 1. The van der Waals surface area contributed by atoms with E-state index in [2.05, 4.69) is 10.3 Å². The number of amides is 1. The number of fused-ring (bicyclic) bond motifs is 1. The Kier molecular flexibility index (Phi) is 5.77. The predicted octanol–water partition coefficient (Wildman–Crippen LogP) is 3.80. The molecule has 6 nitrogen and oxygen atoms in total. The van der Waals surface area contributed by atoms with Crippen molar-refractivity contribution in [2.75, 3.05) is 13.7 Å². The van der Waals surface area contributed by atoms with Gasteiger partial charge in [0.25, 0.3) is 5.91 Å². The van der Waals surface area contributed by atoms with Gasteiger partial charge in [0.1, 0.15) is 11.3 Å². The molecule has 0 spiro atoms. The van der Waals surface area contributed by atoms with Gasteiger partial charge in [-0.25, -0.2) is 4.98 Å². The van der Waals surface area contributed by atoms with Crippen molar-refractivity contribution in [2.24, 2.45) is 5.73 Å². The Bertz CT molecular complexity index is 1140. The number of methoxy groups -OCH3 is 1. The maximum atomic E-state index is 12.6. The number of carbonyl (C=O) groups is 1. The fourth-order valence-corrected chi connectivity index (χ4v) is 3.24. The minimum Gasteiger partial charge on any atom is -0.497 e. The van der Waals surface area contributed by atoms with Gasteiger partial charge in [-0.05, 0) is 54.4 Å². The van der Waals surface area contributed by atoms with Crippen molar-refractivity contribution in [3.8, 4) is 17.2 Å². The molecule has 1 heterocycles. The molecule has 6 heteroatoms. The van der Waals surface area contributed by atoms with Gasteiger partial charge in [0.15, 0.2) is 5.58 Å². The van der Waals surface area contributed by atoms with Gasteiger partial charge in [-0.2, -0.15) is 0 Å². The lowest BCUT2D eigenvalue weighted by molar-refractivity contribution is 0.0951. The van der Waals surface area contributed by atoms with Gasteiger partial charge in [0.05, 0.1) is 7.11 Å². The van der Waals surface area contributed by atoms with E-state index in [0.717, 1.165) is 16.9 Å². The molecule has 4 rings (SSSR count). The van der Waals surface area contributed by atoms with Crippen LogP contribution in [0.15, 0.2) is 77.2 Å². The van der Waals surface area contributed by atoms with Crippen LogP contribution in [0.5, 0.6) is 5.75 Å². The first-order valence-corrected chi connectivity index (χ1v) is 9.75. The van der Waals surface area contributed by atoms with Gasteiger partial charge in [0.2, 0.25) is 5.89 Å². The van der Waals surface area contributed by atoms with Crippen LogP contribution in [0.3, 0.4) is 0 Å². The van der Waals surface area contributed by atoms with Crippen molar-refractivity contribution in [3.63, 3.8) is 0 Å². The average Bonchev–Trinajstić information content (AvgIpc) is 3.21. The third-order valence-corrected chi connectivity index (χ3v) is 4.85. The van der Waals surface area contributed by atoms with Crippen LogP contribution in [-0.4, -0.2) is 30.6 Å². The standard InChI is InChI=1S/C24H23N3O3/c1-29-20-10-7-17(8-11-20)24-27-21-14-18(9-12-22(21)30-24)23(28)26-15-19(25)13-16-5-3-2-4-6-16/h2-12,14,19H,13,15,25H2,1H3,(H,26,28)/t19-/m1/s1. The molecule has 0 saturated carbocycles. The lowest BCUT2D eigenvalue weighted by atomic mass is 10.1. The molecule has 0 radical (unpaired) electrons. The molecular formula is C24H23N3O3. The predicted molar refractivity (Wildman–Crippen MR) is 116 cm³/mol. The summed E-state index contributed by atoms with van der Waals surface area (Å²) in [4.78, 5) is 17.1. The number of hydrogen-bond acceptors (Lipinski definition) is 5. The van der Waals surface area contributed by atoms with E-state index in [4.69, 9.17) is 14.9 Å². The zero-order chi connectivity index (χ0) is 20.9. The summed E-state index contributed by atoms with van der Waals surface area (Å²) in [6.45, 7) is 0.391. The summed E-state index contributed by atoms with van der Waals surface area (Å²) in [5.74, 6) is 1.07. The molecule has 0 saturated heterocycles. The number of benzene rings is 3. The fraction of sp³-hybridized carbons (Fsp3) is 0.167. The van der Waals surface area contributed by atoms with Crippen LogP contribution in [0, 0.1) is 0 Å². The number of aromatic nitrogens is 1. The first-order valence-electron chi connectivity index (χ1n) is 9.75. The molecule has 0 fully saturated rings. The van der Waals surface area contributed by atoms with Crippen LogP contribution in [0.2, 0.25) is 0 Å². The lowest BCUT2D eigenvalue weighted by Gasteiger charge is -2.13. The van der Waals surface area contributed by atoms with E-state index in [9.17, 15) is 4.79 Å². The van der Waals surface area contributed by atoms with Gasteiger partial charge < -0.3 is 20.2 Å². The SMILES string of the molecule is COc1ccc(-c2nc3cc(C(=O)NC[C@H](N)Cc4ccccc4)ccc3o2)cc1. The van der Waals surface area contributed by atoms with E-state index < -0.39 is 0 Å². The molecule has 1 amide bonds. The zero-order valence-electron chi connectivity index (χ0n) is 16.7. The highest BCUT2D eigenvalue weighted by molar-refractivity contribution is 5.97. The molecule has 152 valence electrons. The smallest absolute Gasteiger partial charge is 0.251 e. The number of carbonyl (C=O) groups excluding carboxylic acids is 1. The molecule has 0 aliphatic rings. The van der Waals surface area contributed by atoms with Gasteiger partial charge >= 0.3 is 0 Å². The molecule has 3 aromatic carbocycles. The summed E-state index contributed by atoms with van der Waals surface area (Å²) in [7, 11) is 1.62. The van der Waals surface area contributed by atoms with E-state index in [1.54, 1.807) is 25.3 Å². The van der Waals surface area contributed by atoms with E-state index in [-0.39, 0.29) is 11.9 Å². The number of rotatable bonds is 7. The molecule has 3 N–H and O–H groups in total. The van der Waals surface area contributed by atoms with Crippen LogP contribution in [0.1, 0.15) is 15.9 Å². The monoisotopic (exact) mass is 401 g/mol. The van der Waals surface area contributed by atoms with E-state index in [1.807, 2.05) is 54.6 Å². The topological polar surface area (TPSA) is 90.4 Å². The molecule has 1 atom stereocenters. The number of oxazole rings is 1. The van der Waals surface area contributed by atoms with Crippen LogP contribution < -0.4 is 15.8 Å². The maximum Gasteiger partial charge on any atom is 0.251 e. The third-order valence-electron chi connectivity index (χ3n) is 4.85. The number of nitrogens with zero attached hydrogens (tertiary/aromatic N) is 1. The quantitative estimate of drug-likeness (QED) is 0.492. The largest absolute Gasteiger partial charge is 0.497 e.